The number of nitrogens with zero attached hydrogens (tertiary/aromatic N) is 2. The van der Waals surface area contributed by atoms with Crippen molar-refractivity contribution < 1.29 is 4.74 Å². The summed E-state index contributed by atoms with van der Waals surface area (Å²) in [7, 11) is 0. The topological polar surface area (TPSA) is 50.8 Å². The van der Waals surface area contributed by atoms with Gasteiger partial charge in [0.25, 0.3) is 0 Å². The molecule has 2 rings (SSSR count). The van der Waals surface area contributed by atoms with E-state index in [9.17, 15) is 0 Å². The predicted octanol–water partition coefficient (Wildman–Crippen LogP) is 3.64. The Balaban J connectivity index is 2.38. The van der Waals surface area contributed by atoms with Gasteiger partial charge < -0.3 is 4.74 Å². The van der Waals surface area contributed by atoms with E-state index in [1.807, 2.05) is 6.07 Å². The lowest BCUT2D eigenvalue weighted by Crippen LogP contribution is -1.96. The highest BCUT2D eigenvalue weighted by molar-refractivity contribution is 7.71. The van der Waals surface area contributed by atoms with Gasteiger partial charge in [0.05, 0.1) is 12.8 Å². The second kappa shape index (κ2) is 5.93. The van der Waals surface area contributed by atoms with E-state index in [0.29, 0.717) is 16.4 Å². The van der Waals surface area contributed by atoms with Crippen LogP contribution in [0.4, 0.5) is 0 Å². The summed E-state index contributed by atoms with van der Waals surface area (Å²) in [4.78, 5) is 4.14. The first-order valence-corrected chi connectivity index (χ1v) is 6.32. The monoisotopic (exact) mass is 281 g/mol. The summed E-state index contributed by atoms with van der Waals surface area (Å²) in [6.07, 6.45) is 4.34. The predicted molar refractivity (Wildman–Crippen MR) is 73.4 cm³/mol. The molecule has 94 valence electrons. The highest BCUT2D eigenvalue weighted by Crippen LogP contribution is 2.24. The Hall–Kier alpha value is -1.46. The van der Waals surface area contributed by atoms with E-state index in [-0.39, 0.29) is 0 Å². The van der Waals surface area contributed by atoms with Crippen molar-refractivity contribution in [2.24, 2.45) is 0 Å². The van der Waals surface area contributed by atoms with Crippen molar-refractivity contribution in [2.45, 2.75) is 13.3 Å². The molecule has 0 saturated carbocycles. The Labute approximate surface area is 115 Å². The van der Waals surface area contributed by atoms with E-state index >= 15 is 0 Å². The van der Waals surface area contributed by atoms with Gasteiger partial charge in [-0.3, -0.25) is 10.1 Å². The number of hydrogen-bond donors (Lipinski definition) is 1. The van der Waals surface area contributed by atoms with Crippen LogP contribution in [0.3, 0.4) is 0 Å². The summed E-state index contributed by atoms with van der Waals surface area (Å²) in [5, 5.41) is 6.87. The van der Waals surface area contributed by atoms with Gasteiger partial charge in [-0.25, -0.2) is 0 Å². The fourth-order valence-electron chi connectivity index (χ4n) is 1.46. The minimum atomic E-state index is 0.360. The zero-order valence-electron chi connectivity index (χ0n) is 9.81. The molecular formula is C12H12ClN3OS. The number of aromatic nitrogens is 3. The van der Waals surface area contributed by atoms with Crippen LogP contribution in [0.5, 0.6) is 5.75 Å². The van der Waals surface area contributed by atoms with Gasteiger partial charge in [-0.05, 0) is 18.6 Å². The summed E-state index contributed by atoms with van der Waals surface area (Å²) < 4.78 is 6.05. The maximum absolute atomic E-state index is 5.85. The molecule has 0 aliphatic carbocycles. The molecule has 4 nitrogen and oxygen atoms in total. The molecule has 1 N–H and O–H groups in total. The van der Waals surface area contributed by atoms with Gasteiger partial charge in [0.1, 0.15) is 15.5 Å². The molecule has 2 aromatic heterocycles. The molecular weight excluding hydrogens is 270 g/mol. The minimum absolute atomic E-state index is 0.360. The van der Waals surface area contributed by atoms with Crippen molar-refractivity contribution in [1.29, 1.82) is 0 Å². The molecule has 0 aliphatic heterocycles. The van der Waals surface area contributed by atoms with E-state index in [1.165, 1.54) is 0 Å². The van der Waals surface area contributed by atoms with Crippen molar-refractivity contribution in [3.8, 4) is 16.9 Å². The van der Waals surface area contributed by atoms with Gasteiger partial charge in [-0.2, -0.15) is 5.10 Å². The summed E-state index contributed by atoms with van der Waals surface area (Å²) in [5.74, 6) is 0.719. The maximum atomic E-state index is 5.85. The largest absolute Gasteiger partial charge is 0.492 e. The SMILES string of the molecule is CCCOc1cncc(-c2cc(Cl)n[nH]c2=S)c1. The van der Waals surface area contributed by atoms with Crippen LogP contribution >= 0.6 is 23.8 Å². The molecule has 0 bridgehead atoms. The lowest BCUT2D eigenvalue weighted by atomic mass is 10.1. The lowest BCUT2D eigenvalue weighted by molar-refractivity contribution is 0.316. The van der Waals surface area contributed by atoms with Gasteiger partial charge in [0.2, 0.25) is 0 Å². The van der Waals surface area contributed by atoms with Crippen LogP contribution in [0, 0.1) is 4.64 Å². The number of hydrogen-bond acceptors (Lipinski definition) is 4. The first-order chi connectivity index (χ1) is 8.70. The number of rotatable bonds is 4. The number of aromatic amines is 1. The third-order valence-corrected chi connectivity index (χ3v) is 2.77. The molecule has 0 atom stereocenters. The number of pyridine rings is 1. The summed E-state index contributed by atoms with van der Waals surface area (Å²) in [6, 6.07) is 3.60. The van der Waals surface area contributed by atoms with Gasteiger partial charge in [0.15, 0.2) is 0 Å². The maximum Gasteiger partial charge on any atom is 0.150 e. The van der Waals surface area contributed by atoms with Crippen molar-refractivity contribution in [1.82, 2.24) is 15.2 Å². The normalized spacial score (nSPS) is 10.3. The van der Waals surface area contributed by atoms with Crippen LogP contribution in [0.2, 0.25) is 5.15 Å². The molecule has 0 radical (unpaired) electrons. The standard InChI is InChI=1S/C12H12ClN3OS/c1-2-3-17-9-4-8(6-14-7-9)10-5-11(13)15-16-12(10)18/h4-7H,2-3H2,1H3,(H,16,18). The average molecular weight is 282 g/mol. The van der Waals surface area contributed by atoms with E-state index in [4.69, 9.17) is 28.6 Å². The molecule has 2 heterocycles. The number of H-pyrrole nitrogens is 1. The van der Waals surface area contributed by atoms with Crippen LogP contribution < -0.4 is 4.74 Å². The Morgan fingerprint density at radius 1 is 1.39 bits per heavy atom. The molecule has 0 unspecified atom stereocenters. The molecule has 0 fully saturated rings. The first kappa shape index (κ1) is 13.0. The van der Waals surface area contributed by atoms with Crippen molar-refractivity contribution >= 4 is 23.8 Å². The second-order valence-corrected chi connectivity index (χ2v) is 4.49. The lowest BCUT2D eigenvalue weighted by Gasteiger charge is -2.06. The van der Waals surface area contributed by atoms with Crippen molar-refractivity contribution in [3.63, 3.8) is 0 Å². The smallest absolute Gasteiger partial charge is 0.150 e. The van der Waals surface area contributed by atoms with Gasteiger partial charge in [0, 0.05) is 17.3 Å². The fraction of sp³-hybridized carbons (Fsp3) is 0.250. The van der Waals surface area contributed by atoms with Gasteiger partial charge in [-0.1, -0.05) is 30.7 Å². The van der Waals surface area contributed by atoms with Gasteiger partial charge >= 0.3 is 0 Å². The molecule has 6 heteroatoms. The Morgan fingerprint density at radius 2 is 2.22 bits per heavy atom. The van der Waals surface area contributed by atoms with Crippen LogP contribution in [0.25, 0.3) is 11.1 Å². The third-order valence-electron chi connectivity index (χ3n) is 2.27. The average Bonchev–Trinajstić information content (AvgIpc) is 2.39. The fourth-order valence-corrected chi connectivity index (χ4v) is 1.83. The Kier molecular flexibility index (Phi) is 4.28. The van der Waals surface area contributed by atoms with Gasteiger partial charge in [-0.15, -0.1) is 0 Å². The molecule has 0 amide bonds. The number of halogens is 1. The molecule has 0 spiro atoms. The number of nitrogens with one attached hydrogen (secondary N) is 1. The third kappa shape index (κ3) is 3.05. The summed E-state index contributed by atoms with van der Waals surface area (Å²) >= 11 is 11.0. The molecule has 18 heavy (non-hydrogen) atoms. The summed E-state index contributed by atoms with van der Waals surface area (Å²) in [5.41, 5.74) is 1.65. The van der Waals surface area contributed by atoms with Crippen LogP contribution in [0.15, 0.2) is 24.5 Å². The molecule has 0 aliphatic rings. The van der Waals surface area contributed by atoms with E-state index in [2.05, 4.69) is 22.1 Å². The zero-order valence-corrected chi connectivity index (χ0v) is 11.4. The Morgan fingerprint density at radius 3 is 3.00 bits per heavy atom. The molecule has 0 aromatic carbocycles. The summed E-state index contributed by atoms with van der Waals surface area (Å²) in [6.45, 7) is 2.71. The first-order valence-electron chi connectivity index (χ1n) is 5.54. The van der Waals surface area contributed by atoms with Crippen molar-refractivity contribution in [3.05, 3.63) is 34.3 Å². The second-order valence-electron chi connectivity index (χ2n) is 3.69. The Bertz CT molecular complexity index is 600. The van der Waals surface area contributed by atoms with E-state index < -0.39 is 0 Å². The van der Waals surface area contributed by atoms with Crippen LogP contribution in [-0.2, 0) is 0 Å². The van der Waals surface area contributed by atoms with Crippen LogP contribution in [0.1, 0.15) is 13.3 Å². The quantitative estimate of drug-likeness (QED) is 0.869. The van der Waals surface area contributed by atoms with E-state index in [1.54, 1.807) is 18.5 Å². The minimum Gasteiger partial charge on any atom is -0.492 e. The van der Waals surface area contributed by atoms with E-state index in [0.717, 1.165) is 23.3 Å². The molecule has 2 aromatic rings. The molecule has 0 saturated heterocycles. The zero-order chi connectivity index (χ0) is 13.0. The number of ether oxygens (including phenoxy) is 1. The highest BCUT2D eigenvalue weighted by Gasteiger charge is 2.05. The highest BCUT2D eigenvalue weighted by atomic mass is 35.5. The van der Waals surface area contributed by atoms with Crippen LogP contribution in [-0.4, -0.2) is 21.8 Å². The van der Waals surface area contributed by atoms with Crippen molar-refractivity contribution in [2.75, 3.05) is 6.61 Å².